The first-order valence-corrected chi connectivity index (χ1v) is 8.73. The molecule has 0 fully saturated rings. The van der Waals surface area contributed by atoms with Crippen molar-refractivity contribution in [1.82, 2.24) is 4.98 Å². The van der Waals surface area contributed by atoms with Gasteiger partial charge in [0.1, 0.15) is 0 Å². The number of aromatic nitrogens is 1. The van der Waals surface area contributed by atoms with Crippen LogP contribution in [0.2, 0.25) is 0 Å². The van der Waals surface area contributed by atoms with Crippen LogP contribution < -0.4 is 0 Å². The highest BCUT2D eigenvalue weighted by molar-refractivity contribution is 7.18. The second kappa shape index (κ2) is 6.73. The van der Waals surface area contributed by atoms with E-state index in [1.54, 1.807) is 11.3 Å². The Balaban J connectivity index is 1.92. The first-order chi connectivity index (χ1) is 11.9. The fourth-order valence-corrected chi connectivity index (χ4v) is 3.66. The Kier molecular flexibility index (Phi) is 4.13. The molecule has 4 rings (SSSR count). The molecule has 0 N–H and O–H groups in total. The number of hydrogen-bond acceptors (Lipinski definition) is 1. The lowest BCUT2D eigenvalue weighted by Gasteiger charge is -2.01. The first kappa shape index (κ1) is 14.7. The highest BCUT2D eigenvalue weighted by Crippen LogP contribution is 2.34. The minimum Gasteiger partial charge on any atom is -0.193 e. The van der Waals surface area contributed by atoms with Gasteiger partial charge in [0.2, 0.25) is 4.88 Å². The average molecular weight is 326 g/mol. The van der Waals surface area contributed by atoms with Crippen molar-refractivity contribution in [1.29, 1.82) is 0 Å². The van der Waals surface area contributed by atoms with E-state index in [1.807, 2.05) is 18.2 Å². The van der Waals surface area contributed by atoms with Crippen LogP contribution in [-0.4, -0.2) is 4.98 Å². The zero-order valence-electron chi connectivity index (χ0n) is 13.1. The van der Waals surface area contributed by atoms with Crippen LogP contribution in [0.1, 0.15) is 0 Å². The van der Waals surface area contributed by atoms with Crippen LogP contribution in [0.5, 0.6) is 0 Å². The van der Waals surface area contributed by atoms with Crippen molar-refractivity contribution in [3.8, 4) is 32.3 Å². The molecule has 0 saturated carbocycles. The van der Waals surface area contributed by atoms with Crippen LogP contribution in [0.15, 0.2) is 97.1 Å². The second-order valence-electron chi connectivity index (χ2n) is 5.51. The molecule has 1 heterocycles. The Labute approximate surface area is 145 Å². The molecule has 0 spiro atoms. The quantitative estimate of drug-likeness (QED) is 0.396. The van der Waals surface area contributed by atoms with Gasteiger partial charge in [0.15, 0.2) is 0 Å². The summed E-state index contributed by atoms with van der Waals surface area (Å²) in [7, 11) is 0. The van der Waals surface area contributed by atoms with Crippen LogP contribution in [0.4, 0.5) is 0 Å². The number of rotatable bonds is 3. The predicted octanol–water partition coefficient (Wildman–Crippen LogP) is 6.43. The molecule has 0 aliphatic carbocycles. The molecule has 0 unspecified atom stereocenters. The van der Waals surface area contributed by atoms with Gasteiger partial charge in [-0.1, -0.05) is 66.7 Å². The maximum absolute atomic E-state index is 4.92. The van der Waals surface area contributed by atoms with Gasteiger partial charge in [0.05, 0.1) is 11.3 Å². The van der Waals surface area contributed by atoms with Crippen molar-refractivity contribution in [3.63, 3.8) is 0 Å². The molecular formula is C22H16NS+. The third-order valence-electron chi connectivity index (χ3n) is 3.85. The lowest BCUT2D eigenvalue weighted by molar-refractivity contribution is 1.37. The van der Waals surface area contributed by atoms with Crippen LogP contribution in [0.3, 0.4) is 0 Å². The molecule has 1 nitrogen and oxygen atoms in total. The molecule has 3 aromatic carbocycles. The van der Waals surface area contributed by atoms with E-state index in [9.17, 15) is 0 Å². The monoisotopic (exact) mass is 326 g/mol. The number of hydrogen-bond donors (Lipinski definition) is 0. The van der Waals surface area contributed by atoms with Crippen molar-refractivity contribution in [3.05, 3.63) is 97.1 Å². The summed E-state index contributed by atoms with van der Waals surface area (Å²) in [5.41, 5.74) is 4.52. The number of nitrogens with zero attached hydrogens (tertiary/aromatic N) is 1. The Morgan fingerprint density at radius 3 is 1.62 bits per heavy atom. The van der Waals surface area contributed by atoms with Gasteiger partial charge in [-0.15, -0.1) is 0 Å². The molecule has 0 bridgehead atoms. The minimum absolute atomic E-state index is 1.01. The Hall–Kier alpha value is -2.84. The van der Waals surface area contributed by atoms with Crippen LogP contribution in [-0.2, 0) is 0 Å². The third-order valence-corrected chi connectivity index (χ3v) is 4.94. The average Bonchev–Trinajstić information content (AvgIpc) is 2.70. The van der Waals surface area contributed by atoms with Gasteiger partial charge in [-0.05, 0) is 24.3 Å². The van der Waals surface area contributed by atoms with Crippen molar-refractivity contribution >= 4 is 11.3 Å². The van der Waals surface area contributed by atoms with Gasteiger partial charge in [-0.25, -0.2) is 0 Å². The van der Waals surface area contributed by atoms with Gasteiger partial charge in [0, 0.05) is 17.2 Å². The smallest absolute Gasteiger partial charge is 0.193 e. The van der Waals surface area contributed by atoms with Crippen LogP contribution in [0, 0.1) is 0 Å². The van der Waals surface area contributed by atoms with Crippen LogP contribution in [0.25, 0.3) is 32.3 Å². The maximum atomic E-state index is 4.92. The van der Waals surface area contributed by atoms with Crippen molar-refractivity contribution in [2.45, 2.75) is 0 Å². The van der Waals surface area contributed by atoms with E-state index in [0.717, 1.165) is 21.8 Å². The van der Waals surface area contributed by atoms with Gasteiger partial charge >= 0.3 is 5.01 Å². The summed E-state index contributed by atoms with van der Waals surface area (Å²) in [5.74, 6) is 0. The van der Waals surface area contributed by atoms with E-state index in [4.69, 9.17) is 4.98 Å². The van der Waals surface area contributed by atoms with E-state index in [1.165, 1.54) is 10.4 Å². The molecule has 24 heavy (non-hydrogen) atoms. The molecule has 0 aliphatic heterocycles. The molecular weight excluding hydrogens is 310 g/mol. The lowest BCUT2D eigenvalue weighted by atomic mass is 10.1. The van der Waals surface area contributed by atoms with E-state index in [0.29, 0.717) is 0 Å². The maximum Gasteiger partial charge on any atom is 0.331 e. The predicted molar refractivity (Wildman–Crippen MR) is 103 cm³/mol. The minimum atomic E-state index is 1.01. The summed E-state index contributed by atoms with van der Waals surface area (Å²) < 4.78 is 0. The van der Waals surface area contributed by atoms with Crippen molar-refractivity contribution < 1.29 is 0 Å². The Bertz CT molecular complexity index is 796. The second-order valence-corrected chi connectivity index (χ2v) is 6.54. The highest BCUT2D eigenvalue weighted by atomic mass is 32.1. The topological polar surface area (TPSA) is 12.9 Å². The number of benzene rings is 3. The molecule has 114 valence electrons. The van der Waals surface area contributed by atoms with Gasteiger partial charge in [-0.3, -0.25) is 0 Å². The summed E-state index contributed by atoms with van der Waals surface area (Å²) in [6, 6.07) is 33.4. The zero-order valence-corrected chi connectivity index (χ0v) is 13.9. The lowest BCUT2D eigenvalue weighted by Crippen LogP contribution is -1.88. The SMILES string of the molecule is c1ccc(-c2cc(-c3ccccc3)[s+]c(-c3ccccc3)n2)cc1. The standard InChI is InChI=1S/C22H16NS/c1-4-10-17(11-5-1)20-16-21(18-12-6-2-7-13-18)24-22(23-20)19-14-8-3-9-15-19/h1-16H/q+1. The third kappa shape index (κ3) is 3.10. The largest absolute Gasteiger partial charge is 0.331 e. The Morgan fingerprint density at radius 2 is 1.04 bits per heavy atom. The molecule has 0 saturated heterocycles. The van der Waals surface area contributed by atoms with E-state index >= 15 is 0 Å². The summed E-state index contributed by atoms with van der Waals surface area (Å²) in [4.78, 5) is 6.14. The Morgan fingerprint density at radius 1 is 0.542 bits per heavy atom. The highest BCUT2D eigenvalue weighted by Gasteiger charge is 2.20. The van der Waals surface area contributed by atoms with Gasteiger partial charge in [-0.2, -0.15) is 4.98 Å². The van der Waals surface area contributed by atoms with Gasteiger partial charge in [0.25, 0.3) is 11.3 Å². The zero-order chi connectivity index (χ0) is 16.2. The fraction of sp³-hybridized carbons (Fsp3) is 0. The summed E-state index contributed by atoms with van der Waals surface area (Å²) in [6.45, 7) is 0. The van der Waals surface area contributed by atoms with Crippen LogP contribution >= 0.6 is 11.3 Å². The summed E-state index contributed by atoms with van der Waals surface area (Å²) >= 11 is 1.73. The molecule has 2 heteroatoms. The van der Waals surface area contributed by atoms with E-state index < -0.39 is 0 Å². The van der Waals surface area contributed by atoms with Crippen molar-refractivity contribution in [2.75, 3.05) is 0 Å². The first-order valence-electron chi connectivity index (χ1n) is 7.91. The van der Waals surface area contributed by atoms with Crippen molar-refractivity contribution in [2.24, 2.45) is 0 Å². The molecule has 0 atom stereocenters. The van der Waals surface area contributed by atoms with Gasteiger partial charge < -0.3 is 0 Å². The molecule has 0 amide bonds. The summed E-state index contributed by atoms with van der Waals surface area (Å²) in [5, 5.41) is 1.04. The molecule has 0 radical (unpaired) electrons. The normalized spacial score (nSPS) is 10.5. The summed E-state index contributed by atoms with van der Waals surface area (Å²) in [6.07, 6.45) is 0. The molecule has 4 aromatic rings. The fourth-order valence-electron chi connectivity index (χ4n) is 2.63. The van der Waals surface area contributed by atoms with E-state index in [-0.39, 0.29) is 0 Å². The van der Waals surface area contributed by atoms with E-state index in [2.05, 4.69) is 78.9 Å². The molecule has 1 aromatic heterocycles. The molecule has 0 aliphatic rings.